The number of benzene rings is 1. The van der Waals surface area contributed by atoms with Crippen LogP contribution in [0.15, 0.2) is 47.6 Å². The number of likely N-dealkylation sites (N-methyl/N-ethyl adjacent to an activating group) is 1. The Morgan fingerprint density at radius 1 is 1.30 bits per heavy atom. The summed E-state index contributed by atoms with van der Waals surface area (Å²) in [5, 5.41) is 8.88. The third-order valence-corrected chi connectivity index (χ3v) is 3.79. The maximum Gasteiger partial charge on any atom is 0.335 e. The zero-order valence-electron chi connectivity index (χ0n) is 13.2. The van der Waals surface area contributed by atoms with Gasteiger partial charge >= 0.3 is 5.97 Å². The van der Waals surface area contributed by atoms with Gasteiger partial charge < -0.3 is 10.0 Å². The molecule has 1 amide bonds. The van der Waals surface area contributed by atoms with Crippen molar-refractivity contribution in [2.75, 3.05) is 7.05 Å². The van der Waals surface area contributed by atoms with E-state index in [4.69, 9.17) is 5.11 Å². The van der Waals surface area contributed by atoms with Crippen molar-refractivity contribution in [1.29, 1.82) is 0 Å². The molecule has 5 heteroatoms. The number of carbonyl (C=O) groups excluding carboxylic acids is 2. The maximum absolute atomic E-state index is 12.5. The summed E-state index contributed by atoms with van der Waals surface area (Å²) in [6, 6.07) is 6.38. The number of aromatic carboxylic acids is 1. The molecular formula is C18H19NO4. The zero-order chi connectivity index (χ0) is 17.0. The average Bonchev–Trinajstić information content (AvgIpc) is 2.54. The van der Waals surface area contributed by atoms with E-state index in [2.05, 4.69) is 0 Å². The highest BCUT2D eigenvalue weighted by atomic mass is 16.4. The third kappa shape index (κ3) is 3.94. The first-order valence-electron chi connectivity index (χ1n) is 7.37. The van der Waals surface area contributed by atoms with Gasteiger partial charge in [0.1, 0.15) is 0 Å². The molecule has 1 aliphatic rings. The predicted molar refractivity (Wildman–Crippen MR) is 85.9 cm³/mol. The largest absolute Gasteiger partial charge is 0.478 e. The van der Waals surface area contributed by atoms with Crippen molar-refractivity contribution in [1.82, 2.24) is 4.90 Å². The molecule has 1 aromatic carbocycles. The van der Waals surface area contributed by atoms with Crippen LogP contribution in [-0.2, 0) is 16.1 Å². The van der Waals surface area contributed by atoms with Crippen LogP contribution in [-0.4, -0.2) is 35.2 Å². The molecule has 0 fully saturated rings. The lowest BCUT2D eigenvalue weighted by Gasteiger charge is -2.22. The van der Waals surface area contributed by atoms with Crippen molar-refractivity contribution in [2.45, 2.75) is 19.9 Å². The summed E-state index contributed by atoms with van der Waals surface area (Å²) in [5.41, 5.74) is 1.90. The minimum absolute atomic E-state index is 0.206. The molecule has 23 heavy (non-hydrogen) atoms. The van der Waals surface area contributed by atoms with E-state index >= 15 is 0 Å². The molecule has 1 aromatic rings. The summed E-state index contributed by atoms with van der Waals surface area (Å²) in [6.45, 7) is 2.34. The molecule has 1 N–H and O–H groups in total. The van der Waals surface area contributed by atoms with Gasteiger partial charge in [0.05, 0.1) is 5.56 Å². The Kier molecular flexibility index (Phi) is 5.11. The van der Waals surface area contributed by atoms with Crippen LogP contribution in [0.3, 0.4) is 0 Å². The molecule has 0 aromatic heterocycles. The Hall–Kier alpha value is -2.69. The van der Waals surface area contributed by atoms with Crippen molar-refractivity contribution in [3.05, 3.63) is 58.7 Å². The van der Waals surface area contributed by atoms with Crippen molar-refractivity contribution in [3.63, 3.8) is 0 Å². The van der Waals surface area contributed by atoms with Crippen LogP contribution >= 0.6 is 0 Å². The van der Waals surface area contributed by atoms with Gasteiger partial charge in [0.15, 0.2) is 6.29 Å². The monoisotopic (exact) mass is 313 g/mol. The Balaban J connectivity index is 2.09. The summed E-state index contributed by atoms with van der Waals surface area (Å²) < 4.78 is 0. The highest BCUT2D eigenvalue weighted by Crippen LogP contribution is 2.23. The standard InChI is InChI=1S/C18H19NO4/c1-12-3-8-16(15(9-12)11-20)17(21)19(2)10-13-4-6-14(7-5-13)18(22)23/h4-9,11-12H,3,10H2,1-2H3,(H,22,23). The van der Waals surface area contributed by atoms with Crippen LogP contribution < -0.4 is 0 Å². The molecule has 1 atom stereocenters. The first-order chi connectivity index (χ1) is 10.9. The SMILES string of the molecule is CC1C=C(C=O)C(C(=O)N(C)Cc2ccc(C(=O)O)cc2)=CC1. The van der Waals surface area contributed by atoms with E-state index in [1.54, 1.807) is 25.3 Å². The Morgan fingerprint density at radius 3 is 2.52 bits per heavy atom. The predicted octanol–water partition coefficient (Wildman–Crippen LogP) is 2.43. The van der Waals surface area contributed by atoms with Gasteiger partial charge in [0.25, 0.3) is 5.91 Å². The number of nitrogens with zero attached hydrogens (tertiary/aromatic N) is 1. The molecule has 1 unspecified atom stereocenters. The number of carbonyl (C=O) groups is 3. The van der Waals surface area contributed by atoms with Crippen molar-refractivity contribution < 1.29 is 19.5 Å². The van der Waals surface area contributed by atoms with E-state index in [1.165, 1.54) is 17.0 Å². The molecule has 1 aliphatic carbocycles. The van der Waals surface area contributed by atoms with Gasteiger partial charge in [-0.2, -0.15) is 0 Å². The molecule has 0 bridgehead atoms. The third-order valence-electron chi connectivity index (χ3n) is 3.79. The molecule has 2 rings (SSSR count). The van der Waals surface area contributed by atoms with Gasteiger partial charge in [0.2, 0.25) is 0 Å². The second-order valence-electron chi connectivity index (χ2n) is 5.73. The lowest BCUT2D eigenvalue weighted by Crippen LogP contribution is -2.29. The van der Waals surface area contributed by atoms with E-state index in [0.717, 1.165) is 18.3 Å². The highest BCUT2D eigenvalue weighted by molar-refractivity contribution is 6.05. The lowest BCUT2D eigenvalue weighted by molar-refractivity contribution is -0.126. The van der Waals surface area contributed by atoms with Crippen LogP contribution in [0.1, 0.15) is 29.3 Å². The van der Waals surface area contributed by atoms with Gasteiger partial charge in [-0.1, -0.05) is 31.2 Å². The molecule has 0 spiro atoms. The molecule has 0 radical (unpaired) electrons. The fourth-order valence-electron chi connectivity index (χ4n) is 2.50. The molecule has 120 valence electrons. The van der Waals surface area contributed by atoms with Gasteiger partial charge in [-0.3, -0.25) is 9.59 Å². The van der Waals surface area contributed by atoms with Gasteiger partial charge in [-0.15, -0.1) is 0 Å². The van der Waals surface area contributed by atoms with E-state index in [9.17, 15) is 14.4 Å². The summed E-state index contributed by atoms with van der Waals surface area (Å²) in [7, 11) is 1.66. The fourth-order valence-corrected chi connectivity index (χ4v) is 2.50. The summed E-state index contributed by atoms with van der Waals surface area (Å²) >= 11 is 0. The van der Waals surface area contributed by atoms with Crippen molar-refractivity contribution in [3.8, 4) is 0 Å². The Labute approximate surface area is 134 Å². The van der Waals surface area contributed by atoms with Gasteiger partial charge in [-0.25, -0.2) is 4.79 Å². The number of carboxylic acids is 1. The molecular weight excluding hydrogens is 294 g/mol. The normalized spacial score (nSPS) is 17.0. The fraction of sp³-hybridized carbons (Fsp3) is 0.278. The van der Waals surface area contributed by atoms with Crippen LogP contribution in [0.5, 0.6) is 0 Å². The average molecular weight is 313 g/mol. The van der Waals surface area contributed by atoms with Crippen LogP contribution in [0.2, 0.25) is 0 Å². The highest BCUT2D eigenvalue weighted by Gasteiger charge is 2.21. The summed E-state index contributed by atoms with van der Waals surface area (Å²) in [4.78, 5) is 36.0. The van der Waals surface area contributed by atoms with E-state index < -0.39 is 5.97 Å². The topological polar surface area (TPSA) is 74.7 Å². The smallest absolute Gasteiger partial charge is 0.335 e. The number of hydrogen-bond donors (Lipinski definition) is 1. The van der Waals surface area contributed by atoms with Crippen molar-refractivity contribution >= 4 is 18.2 Å². The lowest BCUT2D eigenvalue weighted by atomic mass is 9.91. The van der Waals surface area contributed by atoms with E-state index in [1.807, 2.05) is 13.0 Å². The van der Waals surface area contributed by atoms with E-state index in [-0.39, 0.29) is 17.4 Å². The molecule has 0 heterocycles. The second kappa shape index (κ2) is 7.05. The quantitative estimate of drug-likeness (QED) is 0.847. The first-order valence-corrected chi connectivity index (χ1v) is 7.37. The molecule has 0 saturated carbocycles. The zero-order valence-corrected chi connectivity index (χ0v) is 13.2. The van der Waals surface area contributed by atoms with E-state index in [0.29, 0.717) is 17.7 Å². The summed E-state index contributed by atoms with van der Waals surface area (Å²) in [5.74, 6) is -0.943. The number of amides is 1. The van der Waals surface area contributed by atoms with Crippen molar-refractivity contribution in [2.24, 2.45) is 5.92 Å². The van der Waals surface area contributed by atoms with Gasteiger partial charge in [-0.05, 0) is 30.0 Å². The number of hydrogen-bond acceptors (Lipinski definition) is 3. The van der Waals surface area contributed by atoms with Crippen LogP contribution in [0, 0.1) is 5.92 Å². The second-order valence-corrected chi connectivity index (χ2v) is 5.73. The van der Waals surface area contributed by atoms with Crippen LogP contribution in [0.25, 0.3) is 0 Å². The number of allylic oxidation sites excluding steroid dienone is 2. The first kappa shape index (κ1) is 16.7. The molecule has 0 aliphatic heterocycles. The molecule has 5 nitrogen and oxygen atoms in total. The number of rotatable bonds is 5. The summed E-state index contributed by atoms with van der Waals surface area (Å²) in [6.07, 6.45) is 5.07. The minimum Gasteiger partial charge on any atom is -0.478 e. The Morgan fingerprint density at radius 2 is 1.96 bits per heavy atom. The van der Waals surface area contributed by atoms with Crippen LogP contribution in [0.4, 0.5) is 0 Å². The van der Waals surface area contributed by atoms with Gasteiger partial charge in [0, 0.05) is 24.7 Å². The number of aldehydes is 1. The maximum atomic E-state index is 12.5. The Bertz CT molecular complexity index is 685. The minimum atomic E-state index is -0.983. The molecule has 0 saturated heterocycles. The number of carboxylic acid groups (broad SMARTS) is 1.